The Bertz CT molecular complexity index is 855. The molecule has 152 valence electrons. The molecule has 6 heteroatoms. The molecule has 30 heavy (non-hydrogen) atoms. The Balaban J connectivity index is 0.000000461. The van der Waals surface area contributed by atoms with Gasteiger partial charge in [-0.15, -0.1) is 0 Å². The van der Waals surface area contributed by atoms with Gasteiger partial charge in [0.2, 0.25) is 5.54 Å². The second-order valence-electron chi connectivity index (χ2n) is 6.59. The molecule has 0 saturated heterocycles. The molecular weight excluding hydrogens is 389 g/mol. The Kier molecular flexibility index (Phi) is 6.67. The maximum Gasteiger partial charge on any atom is 0.673 e. The summed E-state index contributed by atoms with van der Waals surface area (Å²) >= 11 is 0. The molecule has 0 atom stereocenters. The van der Waals surface area contributed by atoms with Gasteiger partial charge in [-0.2, -0.15) is 4.57 Å². The zero-order valence-electron chi connectivity index (χ0n) is 16.1. The number of hydrogen-bond acceptors (Lipinski definition) is 0. The van der Waals surface area contributed by atoms with E-state index in [9.17, 15) is 17.3 Å². The van der Waals surface area contributed by atoms with E-state index >= 15 is 0 Å². The van der Waals surface area contributed by atoms with Crippen molar-refractivity contribution in [2.24, 2.45) is 0 Å². The number of pyridine rings is 1. The summed E-state index contributed by atoms with van der Waals surface area (Å²) < 4.78 is 41.3. The second-order valence-corrected chi connectivity index (χ2v) is 6.59. The molecule has 0 unspecified atom stereocenters. The van der Waals surface area contributed by atoms with E-state index in [-0.39, 0.29) is 0 Å². The number of nitrogens with zero attached hydrogens (tertiary/aromatic N) is 1. The zero-order valence-corrected chi connectivity index (χ0v) is 16.1. The fraction of sp³-hybridized carbons (Fsp3) is 0.0417. The van der Waals surface area contributed by atoms with E-state index < -0.39 is 12.8 Å². The van der Waals surface area contributed by atoms with Gasteiger partial charge in [0, 0.05) is 28.8 Å². The third-order valence-corrected chi connectivity index (χ3v) is 4.68. The average Bonchev–Trinajstić information content (AvgIpc) is 2.76. The minimum atomic E-state index is -6.00. The van der Waals surface area contributed by atoms with Gasteiger partial charge in [-0.1, -0.05) is 97.1 Å². The smallest absolute Gasteiger partial charge is 0.418 e. The van der Waals surface area contributed by atoms with Crippen LogP contribution in [0.2, 0.25) is 0 Å². The molecule has 0 bridgehead atoms. The fourth-order valence-corrected chi connectivity index (χ4v) is 3.61. The minimum Gasteiger partial charge on any atom is -0.418 e. The molecule has 0 saturated carbocycles. The number of halogens is 4. The predicted molar refractivity (Wildman–Crippen MR) is 111 cm³/mol. The highest BCUT2D eigenvalue weighted by atomic mass is 19.5. The number of hydrogen-bond donors (Lipinski definition) is 0. The van der Waals surface area contributed by atoms with Crippen molar-refractivity contribution >= 4 is 7.25 Å². The molecule has 0 aliphatic carbocycles. The third-order valence-electron chi connectivity index (χ3n) is 4.68. The molecule has 0 spiro atoms. The van der Waals surface area contributed by atoms with Gasteiger partial charge >= 0.3 is 7.25 Å². The van der Waals surface area contributed by atoms with Crippen LogP contribution < -0.4 is 4.57 Å². The van der Waals surface area contributed by atoms with Crippen LogP contribution in [0.5, 0.6) is 0 Å². The highest BCUT2D eigenvalue weighted by Gasteiger charge is 2.45. The maximum absolute atomic E-state index is 9.75. The minimum absolute atomic E-state index is 0.412. The molecule has 1 aromatic heterocycles. The molecule has 4 rings (SSSR count). The van der Waals surface area contributed by atoms with Crippen molar-refractivity contribution in [1.82, 2.24) is 0 Å². The predicted octanol–water partition coefficient (Wildman–Crippen LogP) is 6.11. The lowest BCUT2D eigenvalue weighted by atomic mass is 9.76. The lowest BCUT2D eigenvalue weighted by Crippen LogP contribution is -2.58. The van der Waals surface area contributed by atoms with Gasteiger partial charge in [0.15, 0.2) is 12.4 Å². The first-order valence-corrected chi connectivity index (χ1v) is 9.43. The number of benzene rings is 3. The van der Waals surface area contributed by atoms with Gasteiger partial charge in [-0.3, -0.25) is 0 Å². The Morgan fingerprint density at radius 3 is 1.03 bits per heavy atom. The average molecular weight is 409 g/mol. The molecular formula is C24H20BF4N. The molecule has 4 aromatic rings. The fourth-order valence-electron chi connectivity index (χ4n) is 3.61. The Morgan fingerprint density at radius 1 is 0.467 bits per heavy atom. The van der Waals surface area contributed by atoms with Crippen molar-refractivity contribution < 1.29 is 21.8 Å². The summed E-state index contributed by atoms with van der Waals surface area (Å²) in [6.45, 7) is 0. The van der Waals surface area contributed by atoms with Crippen LogP contribution in [0, 0.1) is 0 Å². The van der Waals surface area contributed by atoms with Crippen molar-refractivity contribution in [1.29, 1.82) is 0 Å². The van der Waals surface area contributed by atoms with E-state index in [4.69, 9.17) is 0 Å². The molecule has 0 N–H and O–H groups in total. The summed E-state index contributed by atoms with van der Waals surface area (Å²) in [5, 5.41) is 0. The first-order valence-electron chi connectivity index (χ1n) is 9.43. The van der Waals surface area contributed by atoms with E-state index in [0.717, 1.165) is 0 Å². The van der Waals surface area contributed by atoms with E-state index in [0.29, 0.717) is 0 Å². The van der Waals surface area contributed by atoms with E-state index in [1.807, 2.05) is 0 Å². The molecule has 3 aromatic carbocycles. The van der Waals surface area contributed by atoms with Gasteiger partial charge in [0.1, 0.15) is 0 Å². The molecule has 0 radical (unpaired) electrons. The quantitative estimate of drug-likeness (QED) is 0.166. The van der Waals surface area contributed by atoms with Crippen LogP contribution in [0.15, 0.2) is 122 Å². The lowest BCUT2D eigenvalue weighted by Gasteiger charge is -2.30. The standard InChI is InChI=1S/C24H20N.BF4/c1-5-13-21(14-6-1)24(22-15-7-2-8-16-22,23-17-9-3-10-18-23)25-19-11-4-12-20-25;2-1(3,4)5/h1-20H;/q+1;-1. The summed E-state index contributed by atoms with van der Waals surface area (Å²) in [5.74, 6) is 0. The first kappa shape index (κ1) is 21.3. The molecule has 0 amide bonds. The lowest BCUT2D eigenvalue weighted by molar-refractivity contribution is -0.734. The van der Waals surface area contributed by atoms with E-state index in [1.165, 1.54) is 16.7 Å². The Morgan fingerprint density at radius 2 is 0.733 bits per heavy atom. The molecule has 0 aliphatic rings. The maximum atomic E-state index is 9.75. The van der Waals surface area contributed by atoms with Gasteiger partial charge in [-0.05, 0) is 0 Å². The van der Waals surface area contributed by atoms with Crippen LogP contribution in [0.4, 0.5) is 17.3 Å². The summed E-state index contributed by atoms with van der Waals surface area (Å²) in [6, 6.07) is 38.4. The molecule has 1 heterocycles. The monoisotopic (exact) mass is 409 g/mol. The third kappa shape index (κ3) is 4.95. The van der Waals surface area contributed by atoms with Gasteiger partial charge in [0.05, 0.1) is 0 Å². The summed E-state index contributed by atoms with van der Waals surface area (Å²) in [5.41, 5.74) is 3.31. The summed E-state index contributed by atoms with van der Waals surface area (Å²) in [7, 11) is -6.00. The van der Waals surface area contributed by atoms with Crippen LogP contribution in [0.25, 0.3) is 0 Å². The zero-order chi connectivity index (χ0) is 21.5. The van der Waals surface area contributed by atoms with Crippen molar-refractivity contribution in [2.45, 2.75) is 5.54 Å². The van der Waals surface area contributed by atoms with Crippen molar-refractivity contribution in [3.05, 3.63) is 138 Å². The van der Waals surface area contributed by atoms with Crippen molar-refractivity contribution in [2.75, 3.05) is 0 Å². The van der Waals surface area contributed by atoms with Crippen LogP contribution in [0.1, 0.15) is 16.7 Å². The Labute approximate surface area is 173 Å². The largest absolute Gasteiger partial charge is 0.673 e. The topological polar surface area (TPSA) is 3.88 Å². The Hall–Kier alpha value is -3.41. The van der Waals surface area contributed by atoms with E-state index in [1.54, 1.807) is 0 Å². The SMILES string of the molecule is F[B-](F)(F)F.c1ccc(C(c2ccccc2)(c2ccccc2)[n+]2ccccc2)cc1. The summed E-state index contributed by atoms with van der Waals surface area (Å²) in [6.07, 6.45) is 4.29. The van der Waals surface area contributed by atoms with Crippen molar-refractivity contribution in [3.8, 4) is 0 Å². The normalized spacial score (nSPS) is 11.3. The van der Waals surface area contributed by atoms with E-state index in [2.05, 4.69) is 126 Å². The highest BCUT2D eigenvalue weighted by Crippen LogP contribution is 2.35. The summed E-state index contributed by atoms with van der Waals surface area (Å²) in [4.78, 5) is 0. The molecule has 0 aliphatic heterocycles. The highest BCUT2D eigenvalue weighted by molar-refractivity contribution is 6.50. The van der Waals surface area contributed by atoms with Crippen LogP contribution in [-0.4, -0.2) is 7.25 Å². The molecule has 1 nitrogen and oxygen atoms in total. The van der Waals surface area contributed by atoms with Crippen molar-refractivity contribution in [3.63, 3.8) is 0 Å². The van der Waals surface area contributed by atoms with Gasteiger partial charge in [-0.25, -0.2) is 0 Å². The van der Waals surface area contributed by atoms with Crippen LogP contribution in [0.3, 0.4) is 0 Å². The first-order chi connectivity index (χ1) is 14.4. The second kappa shape index (κ2) is 9.40. The number of aromatic nitrogens is 1. The number of rotatable bonds is 4. The van der Waals surface area contributed by atoms with Gasteiger partial charge < -0.3 is 17.3 Å². The van der Waals surface area contributed by atoms with Gasteiger partial charge in [0.25, 0.3) is 0 Å². The van der Waals surface area contributed by atoms with Crippen LogP contribution in [-0.2, 0) is 5.54 Å². The van der Waals surface area contributed by atoms with Crippen LogP contribution >= 0.6 is 0 Å². The molecule has 0 fully saturated rings.